The van der Waals surface area contributed by atoms with Crippen LogP contribution in [0.4, 0.5) is 20.2 Å². The van der Waals surface area contributed by atoms with E-state index in [0.717, 1.165) is 24.3 Å². The first kappa shape index (κ1) is 21.8. The minimum Gasteiger partial charge on any atom is -0.506 e. The molecule has 0 saturated heterocycles. The molecule has 158 valence electrons. The van der Waals surface area contributed by atoms with E-state index in [0.29, 0.717) is 17.2 Å². The summed E-state index contributed by atoms with van der Waals surface area (Å²) in [5.74, 6) is -3.20. The maximum atomic E-state index is 13.4. The highest BCUT2D eigenvalue weighted by Crippen LogP contribution is 2.30. The van der Waals surface area contributed by atoms with E-state index in [1.54, 1.807) is 6.07 Å². The van der Waals surface area contributed by atoms with Crippen LogP contribution in [0.5, 0.6) is 5.75 Å². The number of sulfonamides is 2. The summed E-state index contributed by atoms with van der Waals surface area (Å²) in [7, 11) is -8.62. The Hall–Kier alpha value is -2.89. The molecule has 12 heteroatoms. The molecule has 0 atom stereocenters. The minimum absolute atomic E-state index is 0.166. The number of anilines is 2. The molecule has 3 N–H and O–H groups in total. The molecule has 0 saturated carbocycles. The fourth-order valence-electron chi connectivity index (χ4n) is 2.38. The molecule has 0 aliphatic carbocycles. The highest BCUT2D eigenvalue weighted by molar-refractivity contribution is 7.93. The van der Waals surface area contributed by atoms with Crippen LogP contribution in [-0.4, -0.2) is 21.9 Å². The van der Waals surface area contributed by atoms with Gasteiger partial charge in [-0.3, -0.25) is 9.44 Å². The second-order valence-electron chi connectivity index (χ2n) is 5.98. The molecular formula is C18H13ClF2N2O5S2. The number of aromatic hydroxyl groups is 1. The van der Waals surface area contributed by atoms with Crippen LogP contribution in [0.15, 0.2) is 70.5 Å². The molecule has 0 aromatic heterocycles. The fraction of sp³-hybridized carbons (Fsp3) is 0. The number of phenols is 1. The van der Waals surface area contributed by atoms with Gasteiger partial charge >= 0.3 is 0 Å². The maximum Gasteiger partial charge on any atom is 0.262 e. The Morgan fingerprint density at radius 3 is 2.07 bits per heavy atom. The molecule has 3 aromatic carbocycles. The number of hydrogen-bond donors (Lipinski definition) is 3. The lowest BCUT2D eigenvalue weighted by Crippen LogP contribution is -2.16. The second kappa shape index (κ2) is 8.09. The van der Waals surface area contributed by atoms with Crippen molar-refractivity contribution in [2.24, 2.45) is 0 Å². The third-order valence-electron chi connectivity index (χ3n) is 3.80. The Morgan fingerprint density at radius 1 is 0.767 bits per heavy atom. The standard InChI is InChI=1S/C18H13ClF2N2O5S2/c19-11-2-1-3-12(8-11)22-29(25,26)14-5-7-18(24)17(10-14)23-30(27,28)13-4-6-15(20)16(21)9-13/h1-10,22-24H. The van der Waals surface area contributed by atoms with Crippen LogP contribution in [0, 0.1) is 11.6 Å². The fourth-order valence-corrected chi connectivity index (χ4v) is 4.72. The van der Waals surface area contributed by atoms with Gasteiger partial charge in [0, 0.05) is 5.02 Å². The highest BCUT2D eigenvalue weighted by atomic mass is 35.5. The lowest BCUT2D eigenvalue weighted by molar-refractivity contribution is 0.477. The molecule has 3 aromatic rings. The Kier molecular flexibility index (Phi) is 5.88. The number of halogens is 3. The minimum atomic E-state index is -4.45. The molecular weight excluding hydrogens is 462 g/mol. The normalized spacial score (nSPS) is 11.8. The Labute approximate surface area is 176 Å². The zero-order valence-electron chi connectivity index (χ0n) is 14.8. The summed E-state index contributed by atoms with van der Waals surface area (Å²) in [5, 5.41) is 10.2. The summed E-state index contributed by atoms with van der Waals surface area (Å²) < 4.78 is 80.7. The molecule has 0 spiro atoms. The van der Waals surface area contributed by atoms with Crippen LogP contribution >= 0.6 is 11.6 Å². The second-order valence-corrected chi connectivity index (χ2v) is 9.78. The summed E-state index contributed by atoms with van der Waals surface area (Å²) in [4.78, 5) is -0.991. The monoisotopic (exact) mass is 474 g/mol. The molecule has 0 fully saturated rings. The van der Waals surface area contributed by atoms with E-state index in [4.69, 9.17) is 11.6 Å². The number of hydrogen-bond acceptors (Lipinski definition) is 5. The van der Waals surface area contributed by atoms with Gasteiger partial charge in [0.05, 0.1) is 21.2 Å². The molecule has 30 heavy (non-hydrogen) atoms. The Balaban J connectivity index is 1.94. The SMILES string of the molecule is O=S(=O)(Nc1cccc(Cl)c1)c1ccc(O)c(NS(=O)(=O)c2ccc(F)c(F)c2)c1. The van der Waals surface area contributed by atoms with Crippen LogP contribution in [0.1, 0.15) is 0 Å². The van der Waals surface area contributed by atoms with E-state index in [1.165, 1.54) is 18.2 Å². The lowest BCUT2D eigenvalue weighted by atomic mass is 10.3. The number of phenolic OH excluding ortho intramolecular Hbond substituents is 1. The predicted molar refractivity (Wildman–Crippen MR) is 108 cm³/mol. The molecule has 0 aliphatic heterocycles. The van der Waals surface area contributed by atoms with Crippen molar-refractivity contribution < 1.29 is 30.7 Å². The summed E-state index contributed by atoms with van der Waals surface area (Å²) in [6.07, 6.45) is 0. The van der Waals surface area contributed by atoms with Crippen molar-refractivity contribution in [3.05, 3.63) is 77.3 Å². The van der Waals surface area contributed by atoms with Crippen molar-refractivity contribution in [2.75, 3.05) is 9.44 Å². The Bertz CT molecular complexity index is 1330. The van der Waals surface area contributed by atoms with Gasteiger partial charge in [0.2, 0.25) is 0 Å². The van der Waals surface area contributed by atoms with Crippen molar-refractivity contribution in [1.29, 1.82) is 0 Å². The van der Waals surface area contributed by atoms with Gasteiger partial charge in [-0.25, -0.2) is 25.6 Å². The van der Waals surface area contributed by atoms with Gasteiger partial charge in [-0.15, -0.1) is 0 Å². The average molecular weight is 475 g/mol. The largest absolute Gasteiger partial charge is 0.506 e. The van der Waals surface area contributed by atoms with Gasteiger partial charge in [0.1, 0.15) is 5.75 Å². The van der Waals surface area contributed by atoms with Gasteiger partial charge < -0.3 is 5.11 Å². The predicted octanol–water partition coefficient (Wildman–Crippen LogP) is 3.93. The first-order valence-electron chi connectivity index (χ1n) is 8.07. The number of benzene rings is 3. The first-order valence-corrected chi connectivity index (χ1v) is 11.4. The van der Waals surface area contributed by atoms with Crippen molar-refractivity contribution in [3.63, 3.8) is 0 Å². The number of rotatable bonds is 6. The van der Waals surface area contributed by atoms with E-state index in [2.05, 4.69) is 4.72 Å². The first-order chi connectivity index (χ1) is 14.0. The van der Waals surface area contributed by atoms with E-state index in [1.807, 2.05) is 4.72 Å². The van der Waals surface area contributed by atoms with Crippen LogP contribution in [0.3, 0.4) is 0 Å². The van der Waals surface area contributed by atoms with Gasteiger partial charge in [-0.1, -0.05) is 17.7 Å². The van der Waals surface area contributed by atoms with Crippen LogP contribution < -0.4 is 9.44 Å². The van der Waals surface area contributed by atoms with Gasteiger partial charge in [-0.2, -0.15) is 0 Å². The smallest absolute Gasteiger partial charge is 0.262 e. The molecule has 0 heterocycles. The van der Waals surface area contributed by atoms with E-state index in [9.17, 15) is 30.7 Å². The van der Waals surface area contributed by atoms with E-state index in [-0.39, 0.29) is 10.6 Å². The molecule has 0 unspecified atom stereocenters. The zero-order valence-corrected chi connectivity index (χ0v) is 17.2. The van der Waals surface area contributed by atoms with Crippen LogP contribution in [0.2, 0.25) is 5.02 Å². The number of nitrogens with one attached hydrogen (secondary N) is 2. The van der Waals surface area contributed by atoms with Gasteiger partial charge in [-0.05, 0) is 54.6 Å². The summed E-state index contributed by atoms with van der Waals surface area (Å²) in [5.41, 5.74) is -0.312. The molecule has 3 rings (SSSR count). The summed E-state index contributed by atoms with van der Waals surface area (Å²) in [6, 6.07) is 10.7. The lowest BCUT2D eigenvalue weighted by Gasteiger charge is -2.13. The van der Waals surface area contributed by atoms with Crippen molar-refractivity contribution in [2.45, 2.75) is 9.79 Å². The van der Waals surface area contributed by atoms with Gasteiger partial charge in [0.15, 0.2) is 11.6 Å². The Morgan fingerprint density at radius 2 is 1.40 bits per heavy atom. The zero-order chi connectivity index (χ0) is 22.1. The van der Waals surface area contributed by atoms with Gasteiger partial charge in [0.25, 0.3) is 20.0 Å². The molecule has 0 radical (unpaired) electrons. The quantitative estimate of drug-likeness (QED) is 0.469. The average Bonchev–Trinajstić information content (AvgIpc) is 2.65. The third kappa shape index (κ3) is 4.81. The molecule has 0 amide bonds. The topological polar surface area (TPSA) is 113 Å². The van der Waals surface area contributed by atoms with E-state index < -0.39 is 48.0 Å². The van der Waals surface area contributed by atoms with Crippen molar-refractivity contribution >= 4 is 43.0 Å². The van der Waals surface area contributed by atoms with Crippen LogP contribution in [0.25, 0.3) is 0 Å². The van der Waals surface area contributed by atoms with Crippen molar-refractivity contribution in [3.8, 4) is 5.75 Å². The molecule has 0 aliphatic rings. The third-order valence-corrected chi connectivity index (χ3v) is 6.78. The van der Waals surface area contributed by atoms with E-state index >= 15 is 0 Å². The molecule has 7 nitrogen and oxygen atoms in total. The highest BCUT2D eigenvalue weighted by Gasteiger charge is 2.21. The maximum absolute atomic E-state index is 13.4. The summed E-state index contributed by atoms with van der Waals surface area (Å²) in [6.45, 7) is 0. The summed E-state index contributed by atoms with van der Waals surface area (Å²) >= 11 is 5.82. The molecule has 0 bridgehead atoms. The van der Waals surface area contributed by atoms with Crippen molar-refractivity contribution in [1.82, 2.24) is 0 Å². The van der Waals surface area contributed by atoms with Crippen LogP contribution in [-0.2, 0) is 20.0 Å².